The Labute approximate surface area is 157 Å². The van der Waals surface area contributed by atoms with Crippen molar-refractivity contribution >= 4 is 28.9 Å². The number of hydrazine groups is 1. The van der Waals surface area contributed by atoms with Crippen molar-refractivity contribution in [2.24, 2.45) is 23.2 Å². The number of aldehydes is 1. The summed E-state index contributed by atoms with van der Waals surface area (Å²) in [5.41, 5.74) is 6.97. The summed E-state index contributed by atoms with van der Waals surface area (Å²) < 4.78 is 5.62. The molecule has 4 aliphatic rings. The first-order valence-electron chi connectivity index (χ1n) is 9.72. The molecule has 4 saturated carbocycles. The molecule has 0 unspecified atom stereocenters. The molecule has 6 heteroatoms. The molecular formula is C21H23N3O3. The number of amides is 1. The number of rotatable bonds is 5. The van der Waals surface area contributed by atoms with Crippen LogP contribution < -0.4 is 10.9 Å². The van der Waals surface area contributed by atoms with E-state index in [4.69, 9.17) is 4.42 Å². The number of nitrogens with zero attached hydrogens (tertiary/aromatic N) is 1. The highest BCUT2D eigenvalue weighted by Crippen LogP contribution is 2.60. The molecule has 0 aliphatic heterocycles. The van der Waals surface area contributed by atoms with Crippen LogP contribution in [0.15, 0.2) is 34.9 Å². The number of hydrogen-bond donors (Lipinski definition) is 2. The number of nitrogens with one attached hydrogen (secondary N) is 2. The Hall–Kier alpha value is -2.63. The molecule has 6 rings (SSSR count). The van der Waals surface area contributed by atoms with E-state index >= 15 is 0 Å². The smallest absolute Gasteiger partial charge is 0.244 e. The number of allylic oxidation sites excluding steroid dienone is 1. The lowest BCUT2D eigenvalue weighted by molar-refractivity contribution is -0.147. The van der Waals surface area contributed by atoms with Crippen LogP contribution in [-0.4, -0.2) is 17.2 Å². The molecule has 4 aliphatic carbocycles. The maximum Gasteiger partial charge on any atom is 0.244 e. The Bertz CT molecular complexity index is 861. The fraction of sp³-hybridized carbons (Fsp3) is 0.476. The first-order valence-corrected chi connectivity index (χ1v) is 9.72. The molecule has 140 valence electrons. The van der Waals surface area contributed by atoms with Gasteiger partial charge in [0.05, 0.1) is 11.0 Å². The standard InChI is InChI=1S/C21H23N3O3/c25-12-16(19-23-17-3-1-2-4-18(17)27-19)11-22-24-20(26)21-8-13-5-14(9-21)7-15(6-13)10-21/h1-4,11-15,22H,5-10H2,(H,24,26). The maximum atomic E-state index is 12.9. The van der Waals surface area contributed by atoms with Gasteiger partial charge in [0.1, 0.15) is 5.52 Å². The molecule has 1 aromatic carbocycles. The second-order valence-corrected chi connectivity index (χ2v) is 8.50. The number of oxazole rings is 1. The minimum atomic E-state index is -0.228. The Morgan fingerprint density at radius 3 is 2.41 bits per heavy atom. The minimum Gasteiger partial charge on any atom is -0.436 e. The molecule has 4 bridgehead atoms. The minimum absolute atomic E-state index is 0.0562. The zero-order chi connectivity index (χ0) is 18.4. The molecule has 2 N–H and O–H groups in total. The monoisotopic (exact) mass is 365 g/mol. The topological polar surface area (TPSA) is 84.2 Å². The Morgan fingerprint density at radius 2 is 1.78 bits per heavy atom. The SMILES string of the molecule is O=CC(=CNNC(=O)C12CC3CC(CC(C3)C1)C2)c1nc2ccccc2o1. The molecule has 27 heavy (non-hydrogen) atoms. The second-order valence-electron chi connectivity index (χ2n) is 8.50. The predicted molar refractivity (Wildman–Crippen MR) is 99.9 cm³/mol. The number of hydrogen-bond acceptors (Lipinski definition) is 5. The van der Waals surface area contributed by atoms with E-state index in [9.17, 15) is 9.59 Å². The van der Waals surface area contributed by atoms with Gasteiger partial charge in [-0.05, 0) is 68.4 Å². The van der Waals surface area contributed by atoms with Crippen LogP contribution in [0.5, 0.6) is 0 Å². The van der Waals surface area contributed by atoms with Gasteiger partial charge >= 0.3 is 0 Å². The van der Waals surface area contributed by atoms with Crippen molar-refractivity contribution in [3.63, 3.8) is 0 Å². The normalized spacial score (nSPS) is 31.9. The number of benzene rings is 1. The summed E-state index contributed by atoms with van der Waals surface area (Å²) in [4.78, 5) is 28.7. The van der Waals surface area contributed by atoms with Crippen molar-refractivity contribution in [2.75, 3.05) is 0 Å². The van der Waals surface area contributed by atoms with Crippen LogP contribution in [0.4, 0.5) is 0 Å². The van der Waals surface area contributed by atoms with E-state index in [0.29, 0.717) is 35.1 Å². The van der Waals surface area contributed by atoms with E-state index in [0.717, 1.165) is 19.3 Å². The van der Waals surface area contributed by atoms with Crippen LogP contribution in [0.2, 0.25) is 0 Å². The summed E-state index contributed by atoms with van der Waals surface area (Å²) in [6, 6.07) is 7.35. The molecule has 0 spiro atoms. The lowest BCUT2D eigenvalue weighted by Gasteiger charge is -2.55. The molecule has 1 heterocycles. The van der Waals surface area contributed by atoms with Gasteiger partial charge < -0.3 is 9.84 Å². The summed E-state index contributed by atoms with van der Waals surface area (Å²) >= 11 is 0. The van der Waals surface area contributed by atoms with Gasteiger partial charge in [-0.1, -0.05) is 12.1 Å². The Kier molecular flexibility index (Phi) is 3.81. The Balaban J connectivity index is 1.29. The van der Waals surface area contributed by atoms with Crippen LogP contribution in [0.25, 0.3) is 16.7 Å². The largest absolute Gasteiger partial charge is 0.436 e. The number of fused-ring (bicyclic) bond motifs is 1. The van der Waals surface area contributed by atoms with E-state index in [-0.39, 0.29) is 22.8 Å². The molecule has 0 atom stereocenters. The first kappa shape index (κ1) is 16.5. The fourth-order valence-electron chi connectivity index (χ4n) is 5.84. The molecular weight excluding hydrogens is 342 g/mol. The van der Waals surface area contributed by atoms with Crippen LogP contribution in [0.3, 0.4) is 0 Å². The quantitative estimate of drug-likeness (QED) is 0.483. The molecule has 0 saturated heterocycles. The molecule has 1 amide bonds. The van der Waals surface area contributed by atoms with Gasteiger partial charge in [-0.25, -0.2) is 4.98 Å². The lowest BCUT2D eigenvalue weighted by Crippen LogP contribution is -2.55. The predicted octanol–water partition coefficient (Wildman–Crippen LogP) is 3.20. The van der Waals surface area contributed by atoms with E-state index in [1.54, 1.807) is 6.07 Å². The zero-order valence-corrected chi connectivity index (χ0v) is 15.1. The van der Waals surface area contributed by atoms with Crippen molar-refractivity contribution in [1.82, 2.24) is 15.8 Å². The van der Waals surface area contributed by atoms with Crippen molar-refractivity contribution in [1.29, 1.82) is 0 Å². The summed E-state index contributed by atoms with van der Waals surface area (Å²) in [5, 5.41) is 0. The molecule has 2 aromatic rings. The summed E-state index contributed by atoms with van der Waals surface area (Å²) in [6.07, 6.45) is 9.03. The van der Waals surface area contributed by atoms with Crippen molar-refractivity contribution in [3.05, 3.63) is 36.4 Å². The van der Waals surface area contributed by atoms with Crippen LogP contribution in [-0.2, 0) is 9.59 Å². The highest BCUT2D eigenvalue weighted by Gasteiger charge is 2.54. The van der Waals surface area contributed by atoms with Gasteiger partial charge in [0.15, 0.2) is 11.9 Å². The van der Waals surface area contributed by atoms with Crippen molar-refractivity contribution in [3.8, 4) is 0 Å². The van der Waals surface area contributed by atoms with E-state index < -0.39 is 0 Å². The highest BCUT2D eigenvalue weighted by molar-refractivity contribution is 6.05. The Morgan fingerprint density at radius 1 is 1.11 bits per heavy atom. The average Bonchev–Trinajstić information content (AvgIpc) is 3.08. The molecule has 1 aromatic heterocycles. The number of aromatic nitrogens is 1. The van der Waals surface area contributed by atoms with Gasteiger partial charge in [-0.3, -0.25) is 15.0 Å². The summed E-state index contributed by atoms with van der Waals surface area (Å²) in [7, 11) is 0. The number of carbonyl (C=O) groups excluding carboxylic acids is 2. The second kappa shape index (κ2) is 6.22. The van der Waals surface area contributed by atoms with Crippen LogP contribution >= 0.6 is 0 Å². The van der Waals surface area contributed by atoms with Gasteiger partial charge in [0, 0.05) is 6.20 Å². The van der Waals surface area contributed by atoms with E-state index in [1.807, 2.05) is 18.2 Å². The van der Waals surface area contributed by atoms with Crippen LogP contribution in [0.1, 0.15) is 44.4 Å². The van der Waals surface area contributed by atoms with Crippen LogP contribution in [0, 0.1) is 23.2 Å². The third-order valence-corrected chi connectivity index (χ3v) is 6.60. The zero-order valence-electron chi connectivity index (χ0n) is 15.1. The molecule has 0 radical (unpaired) electrons. The fourth-order valence-corrected chi connectivity index (χ4v) is 5.84. The van der Waals surface area contributed by atoms with Gasteiger partial charge in [-0.15, -0.1) is 0 Å². The lowest BCUT2D eigenvalue weighted by atomic mass is 9.49. The molecule has 6 nitrogen and oxygen atoms in total. The third-order valence-electron chi connectivity index (χ3n) is 6.60. The summed E-state index contributed by atoms with van der Waals surface area (Å²) in [6.45, 7) is 0. The highest BCUT2D eigenvalue weighted by atomic mass is 16.3. The molecule has 4 fully saturated rings. The van der Waals surface area contributed by atoms with E-state index in [2.05, 4.69) is 15.8 Å². The van der Waals surface area contributed by atoms with Crippen molar-refractivity contribution in [2.45, 2.75) is 38.5 Å². The van der Waals surface area contributed by atoms with Gasteiger partial charge in [0.25, 0.3) is 0 Å². The first-order chi connectivity index (χ1) is 13.1. The van der Waals surface area contributed by atoms with Gasteiger partial charge in [0.2, 0.25) is 11.8 Å². The number of para-hydroxylation sites is 2. The maximum absolute atomic E-state index is 12.9. The average molecular weight is 365 g/mol. The van der Waals surface area contributed by atoms with Crippen molar-refractivity contribution < 1.29 is 14.0 Å². The van der Waals surface area contributed by atoms with E-state index in [1.165, 1.54) is 25.5 Å². The van der Waals surface area contributed by atoms with Gasteiger partial charge in [-0.2, -0.15) is 0 Å². The third kappa shape index (κ3) is 2.83. The number of carbonyl (C=O) groups is 2. The summed E-state index contributed by atoms with van der Waals surface area (Å²) in [5.74, 6) is 2.43.